The number of carbonyl (C=O) groups is 1. The van der Waals surface area contributed by atoms with Crippen LogP contribution in [0.1, 0.15) is 31.4 Å². The van der Waals surface area contributed by atoms with Crippen LogP contribution in [-0.2, 0) is 13.6 Å². The average Bonchev–Trinajstić information content (AvgIpc) is 2.84. The Morgan fingerprint density at radius 3 is 2.90 bits per heavy atom. The lowest BCUT2D eigenvalue weighted by atomic mass is 9.93. The monoisotopic (exact) mass is 280 g/mol. The Morgan fingerprint density at radius 1 is 1.55 bits per heavy atom. The molecule has 1 aliphatic heterocycles. The summed E-state index contributed by atoms with van der Waals surface area (Å²) in [6.45, 7) is 3.17. The van der Waals surface area contributed by atoms with Crippen molar-refractivity contribution in [3.63, 3.8) is 0 Å². The lowest BCUT2D eigenvalue weighted by Gasteiger charge is -2.24. The minimum atomic E-state index is -0.860. The standard InChI is InChI=1S/C14H24N4O2/c1-17-10-6-13(16-17)11-18(14(19)20)9-2-3-12-4-7-15-8-5-12/h6,10,12,15H,2-5,7-9,11H2,1H3,(H,19,20). The number of hydrogen-bond acceptors (Lipinski definition) is 3. The van der Waals surface area contributed by atoms with Gasteiger partial charge in [0.2, 0.25) is 0 Å². The van der Waals surface area contributed by atoms with Crippen LogP contribution in [0.3, 0.4) is 0 Å². The predicted octanol–water partition coefficient (Wildman–Crippen LogP) is 1.68. The fourth-order valence-electron chi connectivity index (χ4n) is 2.73. The second kappa shape index (κ2) is 7.28. The first-order chi connectivity index (χ1) is 9.65. The van der Waals surface area contributed by atoms with E-state index in [2.05, 4.69) is 10.4 Å². The van der Waals surface area contributed by atoms with Gasteiger partial charge in [-0.3, -0.25) is 4.68 Å². The molecule has 1 saturated heterocycles. The summed E-state index contributed by atoms with van der Waals surface area (Å²) >= 11 is 0. The van der Waals surface area contributed by atoms with Gasteiger partial charge in [0.1, 0.15) is 0 Å². The summed E-state index contributed by atoms with van der Waals surface area (Å²) in [5.41, 5.74) is 0.803. The highest BCUT2D eigenvalue weighted by Gasteiger charge is 2.16. The molecule has 1 fully saturated rings. The van der Waals surface area contributed by atoms with E-state index in [9.17, 15) is 9.90 Å². The number of nitrogens with one attached hydrogen (secondary N) is 1. The molecule has 2 N–H and O–H groups in total. The van der Waals surface area contributed by atoms with Crippen molar-refractivity contribution in [3.05, 3.63) is 18.0 Å². The lowest BCUT2D eigenvalue weighted by molar-refractivity contribution is 0.139. The Bertz CT molecular complexity index is 427. The van der Waals surface area contributed by atoms with Crippen LogP contribution in [-0.4, -0.2) is 45.5 Å². The average molecular weight is 280 g/mol. The van der Waals surface area contributed by atoms with Crippen LogP contribution in [0.4, 0.5) is 4.79 Å². The first-order valence-electron chi connectivity index (χ1n) is 7.32. The van der Waals surface area contributed by atoms with Gasteiger partial charge in [-0.15, -0.1) is 0 Å². The van der Waals surface area contributed by atoms with Gasteiger partial charge in [-0.2, -0.15) is 5.10 Å². The molecular weight excluding hydrogens is 256 g/mol. The van der Waals surface area contributed by atoms with Crippen LogP contribution in [0.25, 0.3) is 0 Å². The highest BCUT2D eigenvalue weighted by atomic mass is 16.4. The van der Waals surface area contributed by atoms with Gasteiger partial charge in [-0.1, -0.05) is 0 Å². The van der Waals surface area contributed by atoms with Crippen LogP contribution < -0.4 is 5.32 Å². The maximum Gasteiger partial charge on any atom is 0.407 e. The van der Waals surface area contributed by atoms with Crippen molar-refractivity contribution in [1.82, 2.24) is 20.0 Å². The summed E-state index contributed by atoms with van der Waals surface area (Å²) in [5, 5.41) is 16.8. The summed E-state index contributed by atoms with van der Waals surface area (Å²) in [6.07, 6.45) is 5.46. The minimum absolute atomic E-state index is 0.377. The number of rotatable bonds is 6. The van der Waals surface area contributed by atoms with E-state index in [1.54, 1.807) is 4.68 Å². The molecule has 20 heavy (non-hydrogen) atoms. The maximum absolute atomic E-state index is 11.3. The Morgan fingerprint density at radius 2 is 2.30 bits per heavy atom. The van der Waals surface area contributed by atoms with E-state index in [-0.39, 0.29) is 0 Å². The second-order valence-electron chi connectivity index (χ2n) is 5.52. The van der Waals surface area contributed by atoms with Crippen molar-refractivity contribution in [2.75, 3.05) is 19.6 Å². The number of aromatic nitrogens is 2. The van der Waals surface area contributed by atoms with Gasteiger partial charge in [0.25, 0.3) is 0 Å². The molecule has 0 spiro atoms. The summed E-state index contributed by atoms with van der Waals surface area (Å²) < 4.78 is 1.70. The molecule has 1 aromatic heterocycles. The molecule has 2 heterocycles. The van der Waals surface area contributed by atoms with Crippen LogP contribution in [0.5, 0.6) is 0 Å². The molecule has 0 aromatic carbocycles. The van der Waals surface area contributed by atoms with Gasteiger partial charge in [-0.25, -0.2) is 4.79 Å². The number of hydrogen-bond donors (Lipinski definition) is 2. The number of aryl methyl sites for hydroxylation is 1. The lowest BCUT2D eigenvalue weighted by Crippen LogP contribution is -2.31. The Labute approximate surface area is 119 Å². The quantitative estimate of drug-likeness (QED) is 0.831. The Hall–Kier alpha value is -1.56. The SMILES string of the molecule is Cn1ccc(CN(CCCC2CCNCC2)C(=O)O)n1. The van der Waals surface area contributed by atoms with E-state index in [4.69, 9.17) is 0 Å². The molecule has 0 aliphatic carbocycles. The van der Waals surface area contributed by atoms with Gasteiger partial charge in [0.15, 0.2) is 0 Å². The van der Waals surface area contributed by atoms with E-state index < -0.39 is 6.09 Å². The summed E-state index contributed by atoms with van der Waals surface area (Å²) in [4.78, 5) is 12.7. The zero-order valence-electron chi connectivity index (χ0n) is 12.1. The fraction of sp³-hybridized carbons (Fsp3) is 0.714. The third-order valence-electron chi connectivity index (χ3n) is 3.89. The molecule has 1 amide bonds. The van der Waals surface area contributed by atoms with Crippen molar-refractivity contribution in [1.29, 1.82) is 0 Å². The fourth-order valence-corrected chi connectivity index (χ4v) is 2.73. The van der Waals surface area contributed by atoms with Crippen LogP contribution >= 0.6 is 0 Å². The van der Waals surface area contributed by atoms with Crippen molar-refractivity contribution >= 4 is 6.09 Å². The van der Waals surface area contributed by atoms with Gasteiger partial charge in [-0.05, 0) is 50.8 Å². The number of nitrogens with zero attached hydrogens (tertiary/aromatic N) is 3. The summed E-state index contributed by atoms with van der Waals surface area (Å²) in [5.74, 6) is 0.752. The first kappa shape index (κ1) is 14.8. The summed E-state index contributed by atoms with van der Waals surface area (Å²) in [7, 11) is 1.84. The molecular formula is C14H24N4O2. The molecule has 0 saturated carbocycles. The summed E-state index contributed by atoms with van der Waals surface area (Å²) in [6, 6.07) is 1.86. The number of amides is 1. The Balaban J connectivity index is 1.75. The molecule has 1 aromatic rings. The van der Waals surface area contributed by atoms with Gasteiger partial charge in [0, 0.05) is 19.8 Å². The second-order valence-corrected chi connectivity index (χ2v) is 5.52. The van der Waals surface area contributed by atoms with Crippen LogP contribution in [0.2, 0.25) is 0 Å². The molecule has 2 rings (SSSR count). The van der Waals surface area contributed by atoms with Gasteiger partial charge < -0.3 is 15.3 Å². The van der Waals surface area contributed by atoms with Crippen molar-refractivity contribution in [2.24, 2.45) is 13.0 Å². The topological polar surface area (TPSA) is 70.4 Å². The van der Waals surface area contributed by atoms with E-state index in [1.165, 1.54) is 17.7 Å². The molecule has 112 valence electrons. The molecule has 0 atom stereocenters. The maximum atomic E-state index is 11.3. The molecule has 0 unspecified atom stereocenters. The highest BCUT2D eigenvalue weighted by Crippen LogP contribution is 2.18. The smallest absolute Gasteiger partial charge is 0.407 e. The van der Waals surface area contributed by atoms with E-state index in [0.717, 1.165) is 37.5 Å². The van der Waals surface area contributed by atoms with E-state index in [1.807, 2.05) is 19.3 Å². The molecule has 6 nitrogen and oxygen atoms in total. The van der Waals surface area contributed by atoms with E-state index >= 15 is 0 Å². The van der Waals surface area contributed by atoms with Gasteiger partial charge >= 0.3 is 6.09 Å². The van der Waals surface area contributed by atoms with Crippen molar-refractivity contribution in [3.8, 4) is 0 Å². The van der Waals surface area contributed by atoms with Crippen molar-refractivity contribution < 1.29 is 9.90 Å². The van der Waals surface area contributed by atoms with Crippen molar-refractivity contribution in [2.45, 2.75) is 32.2 Å². The molecule has 6 heteroatoms. The van der Waals surface area contributed by atoms with Gasteiger partial charge in [0.05, 0.1) is 12.2 Å². The van der Waals surface area contributed by atoms with Crippen LogP contribution in [0.15, 0.2) is 12.3 Å². The van der Waals surface area contributed by atoms with E-state index in [0.29, 0.717) is 13.1 Å². The molecule has 0 bridgehead atoms. The highest BCUT2D eigenvalue weighted by molar-refractivity contribution is 5.64. The number of carboxylic acid groups (broad SMARTS) is 1. The largest absolute Gasteiger partial charge is 0.465 e. The third-order valence-corrected chi connectivity index (χ3v) is 3.89. The third kappa shape index (κ3) is 4.52. The molecule has 1 aliphatic rings. The number of piperidine rings is 1. The first-order valence-corrected chi connectivity index (χ1v) is 7.32. The molecule has 0 radical (unpaired) electrons. The van der Waals surface area contributed by atoms with Crippen LogP contribution in [0, 0.1) is 5.92 Å². The Kier molecular flexibility index (Phi) is 5.40. The normalized spacial score (nSPS) is 16.2. The zero-order valence-corrected chi connectivity index (χ0v) is 12.1. The minimum Gasteiger partial charge on any atom is -0.465 e. The zero-order chi connectivity index (χ0) is 14.4. The predicted molar refractivity (Wildman–Crippen MR) is 76.5 cm³/mol.